The van der Waals surface area contributed by atoms with Crippen LogP contribution in [-0.4, -0.2) is 17.1 Å². The predicted octanol–water partition coefficient (Wildman–Crippen LogP) is 4.27. The largest absolute Gasteiger partial charge is 0.496 e. The Labute approximate surface area is 144 Å². The van der Waals surface area contributed by atoms with E-state index in [-0.39, 0.29) is 5.56 Å². The minimum Gasteiger partial charge on any atom is -0.496 e. The Kier molecular flexibility index (Phi) is 3.78. The molecule has 0 fully saturated rings. The van der Waals surface area contributed by atoms with Gasteiger partial charge >= 0.3 is 0 Å². The second-order valence-corrected chi connectivity index (χ2v) is 5.71. The average Bonchev–Trinajstić information content (AvgIpc) is 2.68. The van der Waals surface area contributed by atoms with E-state index in [2.05, 4.69) is 9.97 Å². The van der Waals surface area contributed by atoms with Crippen molar-refractivity contribution in [2.45, 2.75) is 0 Å². The highest BCUT2D eigenvalue weighted by atomic mass is 16.5. The maximum atomic E-state index is 12.3. The van der Waals surface area contributed by atoms with Crippen molar-refractivity contribution in [1.29, 1.82) is 0 Å². The summed E-state index contributed by atoms with van der Waals surface area (Å²) in [6.45, 7) is 0. The summed E-state index contributed by atoms with van der Waals surface area (Å²) in [5, 5.41) is 0.590. The lowest BCUT2D eigenvalue weighted by atomic mass is 10.0. The molecular weight excluding hydrogens is 312 g/mol. The van der Waals surface area contributed by atoms with Crippen molar-refractivity contribution in [2.24, 2.45) is 0 Å². The number of fused-ring (bicyclic) bond motifs is 1. The molecule has 4 nitrogen and oxygen atoms in total. The highest BCUT2D eigenvalue weighted by Crippen LogP contribution is 2.31. The van der Waals surface area contributed by atoms with Gasteiger partial charge in [0.2, 0.25) is 0 Å². The van der Waals surface area contributed by atoms with E-state index >= 15 is 0 Å². The number of benzene rings is 3. The fourth-order valence-electron chi connectivity index (χ4n) is 2.94. The van der Waals surface area contributed by atoms with Crippen molar-refractivity contribution in [2.75, 3.05) is 7.11 Å². The van der Waals surface area contributed by atoms with Crippen LogP contribution in [0.2, 0.25) is 0 Å². The highest BCUT2D eigenvalue weighted by Gasteiger charge is 2.09. The standard InChI is InChI=1S/C21H16N2O2/c1-25-19-12-5-3-9-16(19)14-7-6-8-15(13-14)20-22-18-11-4-2-10-17(18)21(24)23-20/h2-13H,1H3,(H,22,23,24). The Morgan fingerprint density at radius 3 is 2.52 bits per heavy atom. The molecule has 0 radical (unpaired) electrons. The molecule has 4 aromatic rings. The normalized spacial score (nSPS) is 10.8. The number of ether oxygens (including phenoxy) is 1. The molecule has 0 aliphatic carbocycles. The van der Waals surface area contributed by atoms with Crippen LogP contribution in [0.5, 0.6) is 5.75 Å². The van der Waals surface area contributed by atoms with Crippen LogP contribution in [0.4, 0.5) is 0 Å². The number of hydrogen-bond donors (Lipinski definition) is 1. The van der Waals surface area contributed by atoms with Gasteiger partial charge in [-0.2, -0.15) is 0 Å². The van der Waals surface area contributed by atoms with Crippen molar-refractivity contribution < 1.29 is 4.74 Å². The van der Waals surface area contributed by atoms with Gasteiger partial charge < -0.3 is 9.72 Å². The molecule has 4 rings (SSSR count). The zero-order valence-corrected chi connectivity index (χ0v) is 13.7. The first-order chi connectivity index (χ1) is 12.3. The Morgan fingerprint density at radius 1 is 0.880 bits per heavy atom. The molecule has 1 aromatic heterocycles. The van der Waals surface area contributed by atoms with E-state index < -0.39 is 0 Å². The number of methoxy groups -OCH3 is 1. The number of hydrogen-bond acceptors (Lipinski definition) is 3. The van der Waals surface area contributed by atoms with Crippen LogP contribution in [0.15, 0.2) is 77.6 Å². The maximum Gasteiger partial charge on any atom is 0.259 e. The first-order valence-electron chi connectivity index (χ1n) is 7.99. The van der Waals surface area contributed by atoms with E-state index in [9.17, 15) is 4.79 Å². The molecule has 0 unspecified atom stereocenters. The van der Waals surface area contributed by atoms with Gasteiger partial charge in [-0.3, -0.25) is 4.79 Å². The molecule has 3 aromatic carbocycles. The summed E-state index contributed by atoms with van der Waals surface area (Å²) in [7, 11) is 1.66. The minimum atomic E-state index is -0.136. The first-order valence-corrected chi connectivity index (χ1v) is 7.99. The van der Waals surface area contributed by atoms with Crippen molar-refractivity contribution in [1.82, 2.24) is 9.97 Å². The summed E-state index contributed by atoms with van der Waals surface area (Å²) in [5.74, 6) is 1.36. The number of para-hydroxylation sites is 2. The lowest BCUT2D eigenvalue weighted by Gasteiger charge is -2.10. The maximum absolute atomic E-state index is 12.3. The van der Waals surface area contributed by atoms with Gasteiger partial charge in [0.25, 0.3) is 5.56 Å². The SMILES string of the molecule is COc1ccccc1-c1cccc(-c2nc3ccccc3c(=O)[nH]2)c1. The number of H-pyrrole nitrogens is 1. The second-order valence-electron chi connectivity index (χ2n) is 5.71. The predicted molar refractivity (Wildman–Crippen MR) is 99.8 cm³/mol. The molecule has 0 spiro atoms. The van der Waals surface area contributed by atoms with Crippen molar-refractivity contribution in [3.05, 3.63) is 83.2 Å². The summed E-state index contributed by atoms with van der Waals surface area (Å²) in [5.41, 5.74) is 3.40. The van der Waals surface area contributed by atoms with Crippen molar-refractivity contribution >= 4 is 10.9 Å². The summed E-state index contributed by atoms with van der Waals surface area (Å²) in [4.78, 5) is 19.8. The molecule has 4 heteroatoms. The third-order valence-electron chi connectivity index (χ3n) is 4.17. The second kappa shape index (κ2) is 6.24. The zero-order chi connectivity index (χ0) is 17.2. The van der Waals surface area contributed by atoms with E-state index in [1.54, 1.807) is 13.2 Å². The Morgan fingerprint density at radius 2 is 1.64 bits per heavy atom. The van der Waals surface area contributed by atoms with Crippen LogP contribution in [0.3, 0.4) is 0 Å². The number of nitrogens with one attached hydrogen (secondary N) is 1. The van der Waals surface area contributed by atoms with Crippen LogP contribution >= 0.6 is 0 Å². The first kappa shape index (κ1) is 15.1. The van der Waals surface area contributed by atoms with Crippen LogP contribution in [0, 0.1) is 0 Å². The van der Waals surface area contributed by atoms with Crippen LogP contribution in [0.1, 0.15) is 0 Å². The van der Waals surface area contributed by atoms with Crippen LogP contribution in [-0.2, 0) is 0 Å². The van der Waals surface area contributed by atoms with Crippen molar-refractivity contribution in [3.63, 3.8) is 0 Å². The highest BCUT2D eigenvalue weighted by molar-refractivity contribution is 5.80. The smallest absolute Gasteiger partial charge is 0.259 e. The molecular formula is C21H16N2O2. The van der Waals surface area contributed by atoms with E-state index in [1.807, 2.05) is 66.7 Å². The Hall–Kier alpha value is -3.40. The van der Waals surface area contributed by atoms with E-state index in [0.717, 1.165) is 22.4 Å². The molecule has 0 saturated carbocycles. The zero-order valence-electron chi connectivity index (χ0n) is 13.7. The number of aromatic nitrogens is 2. The third-order valence-corrected chi connectivity index (χ3v) is 4.17. The van der Waals surface area contributed by atoms with Gasteiger partial charge in [-0.1, -0.05) is 48.5 Å². The van der Waals surface area contributed by atoms with E-state index in [1.165, 1.54) is 0 Å². The Bertz CT molecular complexity index is 1120. The lowest BCUT2D eigenvalue weighted by molar-refractivity contribution is 0.416. The summed E-state index contributed by atoms with van der Waals surface area (Å²) in [6.07, 6.45) is 0. The molecule has 0 aliphatic rings. The molecule has 0 aliphatic heterocycles. The molecule has 0 bridgehead atoms. The fourth-order valence-corrected chi connectivity index (χ4v) is 2.94. The van der Waals surface area contributed by atoms with Gasteiger partial charge in [-0.25, -0.2) is 4.98 Å². The molecule has 1 heterocycles. The number of rotatable bonds is 3. The van der Waals surface area contributed by atoms with Gasteiger partial charge in [-0.15, -0.1) is 0 Å². The lowest BCUT2D eigenvalue weighted by Crippen LogP contribution is -2.09. The van der Waals surface area contributed by atoms with Gasteiger partial charge in [-0.05, 0) is 29.8 Å². The summed E-state index contributed by atoms with van der Waals surface area (Å²) < 4.78 is 5.45. The van der Waals surface area contributed by atoms with Gasteiger partial charge in [0.05, 0.1) is 18.0 Å². The average molecular weight is 328 g/mol. The molecule has 0 amide bonds. The molecule has 0 saturated heterocycles. The summed E-state index contributed by atoms with van der Waals surface area (Å²) in [6, 6.07) is 23.1. The molecule has 1 N–H and O–H groups in total. The fraction of sp³-hybridized carbons (Fsp3) is 0.0476. The minimum absolute atomic E-state index is 0.136. The molecule has 25 heavy (non-hydrogen) atoms. The van der Waals surface area contributed by atoms with Gasteiger partial charge in [0, 0.05) is 11.1 Å². The van der Waals surface area contributed by atoms with Crippen LogP contribution < -0.4 is 10.3 Å². The summed E-state index contributed by atoms with van der Waals surface area (Å²) >= 11 is 0. The third kappa shape index (κ3) is 2.78. The topological polar surface area (TPSA) is 55.0 Å². The number of nitrogens with zero attached hydrogens (tertiary/aromatic N) is 1. The number of aromatic amines is 1. The Balaban J connectivity index is 1.86. The van der Waals surface area contributed by atoms with E-state index in [0.29, 0.717) is 16.7 Å². The van der Waals surface area contributed by atoms with E-state index in [4.69, 9.17) is 4.74 Å². The molecule has 0 atom stereocenters. The van der Waals surface area contributed by atoms with Crippen LogP contribution in [0.25, 0.3) is 33.4 Å². The monoisotopic (exact) mass is 328 g/mol. The van der Waals surface area contributed by atoms with Crippen molar-refractivity contribution in [3.8, 4) is 28.3 Å². The molecule has 122 valence electrons. The quantitative estimate of drug-likeness (QED) is 0.611. The van der Waals surface area contributed by atoms with Gasteiger partial charge in [0.15, 0.2) is 0 Å². The van der Waals surface area contributed by atoms with Gasteiger partial charge in [0.1, 0.15) is 11.6 Å².